The summed E-state index contributed by atoms with van der Waals surface area (Å²) in [4.78, 5) is 23.3. The summed E-state index contributed by atoms with van der Waals surface area (Å²) in [5.74, 6) is 1.93. The summed E-state index contributed by atoms with van der Waals surface area (Å²) in [6.45, 7) is 11.6. The Kier molecular flexibility index (Phi) is 10.8. The second-order valence-corrected chi connectivity index (χ2v) is 7.63. The highest BCUT2D eigenvalue weighted by molar-refractivity contribution is 14.0. The third-order valence-corrected chi connectivity index (χ3v) is 5.76. The minimum absolute atomic E-state index is 0. The molecule has 1 aromatic carbocycles. The highest BCUT2D eigenvalue weighted by Crippen LogP contribution is 2.24. The summed E-state index contributed by atoms with van der Waals surface area (Å²) in [6, 6.07) is 8.48. The average molecular weight is 545 g/mol. The highest BCUT2D eigenvalue weighted by atomic mass is 127. The molecule has 2 saturated heterocycles. The Balaban J connectivity index is 0.00000341. The van der Waals surface area contributed by atoms with Crippen molar-refractivity contribution in [1.82, 2.24) is 20.0 Å². The number of piperazine rings is 1. The van der Waals surface area contributed by atoms with Gasteiger partial charge in [-0.1, -0.05) is 12.1 Å². The molecular weight excluding hydrogens is 509 g/mol. The average Bonchev–Trinajstić information content (AvgIpc) is 2.79. The van der Waals surface area contributed by atoms with Gasteiger partial charge in [0.2, 0.25) is 5.91 Å². The van der Waals surface area contributed by atoms with E-state index in [-0.39, 0.29) is 35.9 Å². The molecule has 8 nitrogen and oxygen atoms in total. The van der Waals surface area contributed by atoms with Crippen LogP contribution in [0.1, 0.15) is 25.5 Å². The first-order valence-corrected chi connectivity index (χ1v) is 10.9. The second-order valence-electron chi connectivity index (χ2n) is 7.63. The number of hydrogen-bond donors (Lipinski definition) is 1. The zero-order valence-corrected chi connectivity index (χ0v) is 21.2. The van der Waals surface area contributed by atoms with Crippen LogP contribution in [-0.4, -0.2) is 99.2 Å². The summed E-state index contributed by atoms with van der Waals surface area (Å²) in [6.07, 6.45) is 0. The molecule has 1 N–H and O–H groups in total. The number of aliphatic imine (C=N–C) groups is 1. The third-order valence-electron chi connectivity index (χ3n) is 5.76. The molecule has 1 amide bonds. The minimum atomic E-state index is 0. The van der Waals surface area contributed by atoms with E-state index in [1.807, 2.05) is 17.0 Å². The van der Waals surface area contributed by atoms with Crippen LogP contribution in [0.3, 0.4) is 0 Å². The van der Waals surface area contributed by atoms with E-state index in [0.29, 0.717) is 6.54 Å². The lowest BCUT2D eigenvalue weighted by molar-refractivity contribution is -0.130. The van der Waals surface area contributed by atoms with E-state index in [1.54, 1.807) is 14.0 Å². The molecule has 9 heteroatoms. The highest BCUT2D eigenvalue weighted by Gasteiger charge is 2.25. The zero-order chi connectivity index (χ0) is 21.3. The predicted octanol–water partition coefficient (Wildman–Crippen LogP) is 1.82. The number of morpholine rings is 1. The molecule has 1 aromatic rings. The van der Waals surface area contributed by atoms with Crippen molar-refractivity contribution in [3.8, 4) is 5.75 Å². The zero-order valence-electron chi connectivity index (χ0n) is 18.9. The van der Waals surface area contributed by atoms with Crippen molar-refractivity contribution in [1.29, 1.82) is 0 Å². The van der Waals surface area contributed by atoms with E-state index in [9.17, 15) is 4.79 Å². The molecule has 1 unspecified atom stereocenters. The Morgan fingerprint density at radius 3 is 2.26 bits per heavy atom. The van der Waals surface area contributed by atoms with Crippen LogP contribution in [0.5, 0.6) is 5.75 Å². The van der Waals surface area contributed by atoms with Crippen LogP contribution in [0.2, 0.25) is 0 Å². The Hall–Kier alpha value is -1.59. The Labute approximate surface area is 203 Å². The van der Waals surface area contributed by atoms with Gasteiger partial charge in [0, 0.05) is 52.7 Å². The van der Waals surface area contributed by atoms with Gasteiger partial charge in [-0.25, -0.2) is 0 Å². The molecule has 2 heterocycles. The van der Waals surface area contributed by atoms with Gasteiger partial charge in [-0.05, 0) is 24.6 Å². The molecule has 3 rings (SSSR count). The monoisotopic (exact) mass is 545 g/mol. The number of carbonyl (C=O) groups excluding carboxylic acids is 1. The fourth-order valence-corrected chi connectivity index (χ4v) is 3.98. The summed E-state index contributed by atoms with van der Waals surface area (Å²) >= 11 is 0. The fraction of sp³-hybridized carbons (Fsp3) is 0.636. The molecule has 2 aliphatic heterocycles. The van der Waals surface area contributed by atoms with Gasteiger partial charge in [0.15, 0.2) is 5.96 Å². The van der Waals surface area contributed by atoms with Crippen LogP contribution < -0.4 is 10.1 Å². The number of guanidine groups is 1. The quantitative estimate of drug-likeness (QED) is 0.334. The van der Waals surface area contributed by atoms with Gasteiger partial charge in [0.05, 0.1) is 32.9 Å². The number of benzene rings is 1. The van der Waals surface area contributed by atoms with Crippen LogP contribution in [0.4, 0.5) is 0 Å². The number of nitrogens with one attached hydrogen (secondary N) is 1. The number of hydrogen-bond acceptors (Lipinski definition) is 5. The number of halogens is 1. The van der Waals surface area contributed by atoms with Gasteiger partial charge in [-0.3, -0.25) is 14.7 Å². The predicted molar refractivity (Wildman–Crippen MR) is 133 cm³/mol. The Bertz CT molecular complexity index is 702. The van der Waals surface area contributed by atoms with Crippen molar-refractivity contribution in [2.45, 2.75) is 19.9 Å². The Morgan fingerprint density at radius 1 is 1.10 bits per heavy atom. The first kappa shape index (κ1) is 25.7. The van der Waals surface area contributed by atoms with Crippen molar-refractivity contribution >= 4 is 35.8 Å². The minimum Gasteiger partial charge on any atom is -0.497 e. The first-order valence-electron chi connectivity index (χ1n) is 10.9. The number of carbonyl (C=O) groups is 1. The van der Waals surface area contributed by atoms with Gasteiger partial charge in [-0.15, -0.1) is 24.0 Å². The third kappa shape index (κ3) is 7.21. The van der Waals surface area contributed by atoms with Crippen molar-refractivity contribution in [3.05, 3.63) is 29.8 Å². The second kappa shape index (κ2) is 13.1. The molecule has 0 spiro atoms. The SMILES string of the molecule is CCNC(=NCC(c1ccc(OC)cc1)N1CCOCC1)N1CCN(C(C)=O)CC1.I. The summed E-state index contributed by atoms with van der Waals surface area (Å²) in [7, 11) is 1.69. The Morgan fingerprint density at radius 2 is 1.71 bits per heavy atom. The summed E-state index contributed by atoms with van der Waals surface area (Å²) < 4.78 is 10.9. The molecule has 1 atom stereocenters. The maximum Gasteiger partial charge on any atom is 0.219 e. The lowest BCUT2D eigenvalue weighted by Crippen LogP contribution is -2.53. The number of nitrogens with zero attached hydrogens (tertiary/aromatic N) is 4. The summed E-state index contributed by atoms with van der Waals surface area (Å²) in [5, 5.41) is 3.43. The van der Waals surface area contributed by atoms with E-state index >= 15 is 0 Å². The molecule has 0 aliphatic carbocycles. The van der Waals surface area contributed by atoms with Gasteiger partial charge in [0.1, 0.15) is 5.75 Å². The van der Waals surface area contributed by atoms with E-state index in [4.69, 9.17) is 14.5 Å². The lowest BCUT2D eigenvalue weighted by Gasteiger charge is -2.37. The van der Waals surface area contributed by atoms with Gasteiger partial charge in [0.25, 0.3) is 0 Å². The largest absolute Gasteiger partial charge is 0.497 e. The molecule has 0 bridgehead atoms. The normalized spacial score (nSPS) is 18.9. The standard InChI is InChI=1S/C22H35N5O3.HI/c1-4-23-22(27-11-9-25(10-12-27)18(2)28)24-17-21(26-13-15-30-16-14-26)19-5-7-20(29-3)8-6-19;/h5-8,21H,4,9-17H2,1-3H3,(H,23,24);1H. The maximum atomic E-state index is 11.6. The fourth-order valence-electron chi connectivity index (χ4n) is 3.98. The summed E-state index contributed by atoms with van der Waals surface area (Å²) in [5.41, 5.74) is 1.23. The molecular formula is C22H36IN5O3. The van der Waals surface area contributed by atoms with Crippen molar-refractivity contribution in [3.63, 3.8) is 0 Å². The van der Waals surface area contributed by atoms with E-state index < -0.39 is 0 Å². The molecule has 0 saturated carbocycles. The lowest BCUT2D eigenvalue weighted by atomic mass is 10.0. The maximum absolute atomic E-state index is 11.6. The van der Waals surface area contributed by atoms with Crippen LogP contribution in [-0.2, 0) is 9.53 Å². The van der Waals surface area contributed by atoms with Crippen molar-refractivity contribution in [2.75, 3.05) is 72.7 Å². The number of methoxy groups -OCH3 is 1. The first-order chi connectivity index (χ1) is 14.6. The van der Waals surface area contributed by atoms with Crippen LogP contribution in [0, 0.1) is 0 Å². The van der Waals surface area contributed by atoms with Crippen molar-refractivity contribution in [2.24, 2.45) is 4.99 Å². The van der Waals surface area contributed by atoms with Crippen LogP contribution >= 0.6 is 24.0 Å². The topological polar surface area (TPSA) is 69.6 Å². The number of ether oxygens (including phenoxy) is 2. The van der Waals surface area contributed by atoms with E-state index in [0.717, 1.165) is 70.7 Å². The molecule has 2 fully saturated rings. The van der Waals surface area contributed by atoms with E-state index in [2.05, 4.69) is 34.2 Å². The van der Waals surface area contributed by atoms with Gasteiger partial charge < -0.3 is 24.6 Å². The van der Waals surface area contributed by atoms with Crippen LogP contribution in [0.15, 0.2) is 29.3 Å². The number of rotatable bonds is 6. The van der Waals surface area contributed by atoms with Crippen LogP contribution in [0.25, 0.3) is 0 Å². The molecule has 0 radical (unpaired) electrons. The molecule has 0 aromatic heterocycles. The number of amides is 1. The van der Waals surface area contributed by atoms with E-state index in [1.165, 1.54) is 5.56 Å². The van der Waals surface area contributed by atoms with Gasteiger partial charge >= 0.3 is 0 Å². The van der Waals surface area contributed by atoms with Gasteiger partial charge in [-0.2, -0.15) is 0 Å². The van der Waals surface area contributed by atoms with Crippen molar-refractivity contribution < 1.29 is 14.3 Å². The molecule has 174 valence electrons. The smallest absolute Gasteiger partial charge is 0.219 e. The molecule has 2 aliphatic rings. The molecule has 31 heavy (non-hydrogen) atoms.